The molecule has 0 aromatic carbocycles. The van der Waals surface area contributed by atoms with Gasteiger partial charge in [0.1, 0.15) is 22.9 Å². The highest BCUT2D eigenvalue weighted by molar-refractivity contribution is 6.22. The summed E-state index contributed by atoms with van der Waals surface area (Å²) in [4.78, 5) is 53.3. The van der Waals surface area contributed by atoms with E-state index >= 15 is 0 Å². The molecule has 0 bridgehead atoms. The van der Waals surface area contributed by atoms with Gasteiger partial charge in [0.25, 0.3) is 5.91 Å². The quantitative estimate of drug-likeness (QED) is 0.236. The molecule has 39 heavy (non-hydrogen) atoms. The Morgan fingerprint density at radius 2 is 1.85 bits per heavy atom. The van der Waals surface area contributed by atoms with Crippen LogP contribution in [-0.4, -0.2) is 86.9 Å². The fourth-order valence-corrected chi connectivity index (χ4v) is 5.55. The zero-order chi connectivity index (χ0) is 29.4. The predicted octanol–water partition coefficient (Wildman–Crippen LogP) is 1.73. The second kappa shape index (κ2) is 11.1. The summed E-state index contributed by atoms with van der Waals surface area (Å²) in [5, 5.41) is 44.8. The normalized spacial score (nSPS) is 30.6. The Morgan fingerprint density at radius 1 is 1.21 bits per heavy atom. The molecule has 1 saturated carbocycles. The SMILES string of the molecule is C\C1=C(O)/C(CN(C=O)CC(C)C)=C\C(N(C)C)=C\C[C@H]2C[C@H]3CC(=O)C(C(N)=O)=C(O)[C@@]3(O)C(=O)C2=C1O. The molecule has 0 aromatic heterocycles. The van der Waals surface area contributed by atoms with E-state index in [1.165, 1.54) is 11.8 Å². The average molecular weight is 544 g/mol. The molecule has 0 aromatic rings. The first-order valence-corrected chi connectivity index (χ1v) is 12.8. The fraction of sp³-hybridized carbons (Fsp3) is 0.500. The van der Waals surface area contributed by atoms with Gasteiger partial charge in [0.2, 0.25) is 12.2 Å². The molecule has 0 heterocycles. The first kappa shape index (κ1) is 29.7. The molecule has 3 rings (SSSR count). The van der Waals surface area contributed by atoms with E-state index in [0.29, 0.717) is 24.2 Å². The second-order valence-corrected chi connectivity index (χ2v) is 11.0. The summed E-state index contributed by atoms with van der Waals surface area (Å²) in [7, 11) is 3.58. The number of primary amides is 1. The minimum absolute atomic E-state index is 0.0235. The fourth-order valence-electron chi connectivity index (χ4n) is 5.55. The molecule has 3 atom stereocenters. The van der Waals surface area contributed by atoms with E-state index < -0.39 is 52.0 Å². The summed E-state index contributed by atoms with van der Waals surface area (Å²) in [6, 6.07) is 0. The van der Waals surface area contributed by atoms with Crippen molar-refractivity contribution in [3.63, 3.8) is 0 Å². The monoisotopic (exact) mass is 543 g/mol. The number of nitrogens with two attached hydrogens (primary N) is 1. The van der Waals surface area contributed by atoms with Crippen LogP contribution in [0.1, 0.15) is 40.0 Å². The molecule has 0 saturated heterocycles. The third-order valence-electron chi connectivity index (χ3n) is 7.56. The highest BCUT2D eigenvalue weighted by atomic mass is 16.3. The van der Waals surface area contributed by atoms with Crippen LogP contribution < -0.4 is 5.73 Å². The Morgan fingerprint density at radius 3 is 2.38 bits per heavy atom. The van der Waals surface area contributed by atoms with Gasteiger partial charge < -0.3 is 36.0 Å². The highest BCUT2D eigenvalue weighted by Crippen LogP contribution is 2.49. The van der Waals surface area contributed by atoms with E-state index in [0.717, 1.165) is 0 Å². The summed E-state index contributed by atoms with van der Waals surface area (Å²) in [6.45, 7) is 5.73. The Kier molecular flexibility index (Phi) is 8.44. The number of likely N-dealkylation sites (N-methyl/N-ethyl adjacent to an activating group) is 1. The maximum atomic E-state index is 13.8. The largest absolute Gasteiger partial charge is 0.508 e. The van der Waals surface area contributed by atoms with Gasteiger partial charge in [-0.2, -0.15) is 0 Å². The van der Waals surface area contributed by atoms with Crippen LogP contribution in [0, 0.1) is 17.8 Å². The Hall–Kier alpha value is -3.86. The number of fused-ring (bicyclic) bond motifs is 2. The van der Waals surface area contributed by atoms with Gasteiger partial charge >= 0.3 is 0 Å². The number of carbonyl (C=O) groups excluding carboxylic acids is 4. The number of ketones is 2. The summed E-state index contributed by atoms with van der Waals surface area (Å²) >= 11 is 0. The summed E-state index contributed by atoms with van der Waals surface area (Å²) < 4.78 is 0. The molecule has 11 nitrogen and oxygen atoms in total. The lowest BCUT2D eigenvalue weighted by molar-refractivity contribution is -0.147. The minimum atomic E-state index is -2.64. The number of carbonyl (C=O) groups is 4. The molecule has 0 unspecified atom stereocenters. The average Bonchev–Trinajstić information content (AvgIpc) is 2.84. The van der Waals surface area contributed by atoms with Crippen molar-refractivity contribution in [2.75, 3.05) is 27.2 Å². The number of aliphatic hydroxyl groups is 4. The third kappa shape index (κ3) is 5.36. The molecular weight excluding hydrogens is 506 g/mol. The molecule has 212 valence electrons. The van der Waals surface area contributed by atoms with Gasteiger partial charge in [-0.1, -0.05) is 19.9 Å². The van der Waals surface area contributed by atoms with Crippen LogP contribution in [0.25, 0.3) is 0 Å². The molecule has 2 amide bonds. The van der Waals surface area contributed by atoms with E-state index in [1.807, 2.05) is 13.8 Å². The van der Waals surface area contributed by atoms with Crippen molar-refractivity contribution in [3.8, 4) is 0 Å². The molecule has 6 N–H and O–H groups in total. The van der Waals surface area contributed by atoms with Crippen LogP contribution in [-0.2, 0) is 19.2 Å². The van der Waals surface area contributed by atoms with Crippen molar-refractivity contribution in [2.24, 2.45) is 23.5 Å². The van der Waals surface area contributed by atoms with Gasteiger partial charge in [0.05, 0.1) is 0 Å². The van der Waals surface area contributed by atoms with Gasteiger partial charge in [0.15, 0.2) is 11.4 Å². The molecule has 0 aliphatic heterocycles. The molecule has 11 heteroatoms. The van der Waals surface area contributed by atoms with Crippen LogP contribution >= 0.6 is 0 Å². The van der Waals surface area contributed by atoms with Crippen molar-refractivity contribution in [1.82, 2.24) is 9.80 Å². The van der Waals surface area contributed by atoms with Crippen molar-refractivity contribution in [1.29, 1.82) is 0 Å². The zero-order valence-corrected chi connectivity index (χ0v) is 22.9. The van der Waals surface area contributed by atoms with Crippen molar-refractivity contribution >= 4 is 23.9 Å². The molecule has 3 aliphatic carbocycles. The van der Waals surface area contributed by atoms with E-state index in [-0.39, 0.29) is 48.6 Å². The number of Topliss-reactive ketones (excluding diaryl/α,β-unsaturated/α-hetero) is 2. The van der Waals surface area contributed by atoms with Crippen LogP contribution in [0.5, 0.6) is 0 Å². The highest BCUT2D eigenvalue weighted by Gasteiger charge is 2.59. The first-order chi connectivity index (χ1) is 18.1. The van der Waals surface area contributed by atoms with Crippen molar-refractivity contribution < 1.29 is 39.6 Å². The van der Waals surface area contributed by atoms with Crippen LogP contribution in [0.3, 0.4) is 0 Å². The molecule has 3 aliphatic rings. The van der Waals surface area contributed by atoms with E-state index in [9.17, 15) is 39.6 Å². The number of rotatable bonds is 7. The lowest BCUT2D eigenvalue weighted by atomic mass is 9.60. The standard InChI is InChI=1S/C28H37N3O8/c1-14(2)11-31(13-32)12-17-9-19(30(4)5)7-6-16-8-18-10-20(33)22(27(29)38)26(37)28(18,39)25(36)21(16)24(35)15(3)23(17)34/h7,9,13-14,16,18,34-35,37,39H,6,8,10-12H2,1-5H3,(H2,29,38)/b17-9-,19-7-,23-15-,24-21?/t16-,18-,28-/m0/s1. The Labute approximate surface area is 227 Å². The molecular formula is C28H37N3O8. The number of hydrogen-bond acceptors (Lipinski definition) is 9. The smallest absolute Gasteiger partial charge is 0.255 e. The van der Waals surface area contributed by atoms with Crippen molar-refractivity contribution in [2.45, 2.75) is 45.6 Å². The Bertz CT molecular complexity index is 1250. The lowest BCUT2D eigenvalue weighted by Gasteiger charge is -2.44. The zero-order valence-electron chi connectivity index (χ0n) is 22.9. The maximum Gasteiger partial charge on any atom is 0.255 e. The maximum absolute atomic E-state index is 13.8. The molecule has 1 fully saturated rings. The van der Waals surface area contributed by atoms with Crippen LogP contribution in [0.15, 0.2) is 57.4 Å². The number of amides is 2. The van der Waals surface area contributed by atoms with Crippen LogP contribution in [0.2, 0.25) is 0 Å². The summed E-state index contributed by atoms with van der Waals surface area (Å²) in [6.07, 6.45) is 4.03. The molecule has 0 radical (unpaired) electrons. The van der Waals surface area contributed by atoms with Crippen molar-refractivity contribution in [3.05, 3.63) is 57.4 Å². The van der Waals surface area contributed by atoms with Crippen LogP contribution in [0.4, 0.5) is 0 Å². The lowest BCUT2D eigenvalue weighted by Crippen LogP contribution is -2.57. The van der Waals surface area contributed by atoms with E-state index in [1.54, 1.807) is 31.1 Å². The van der Waals surface area contributed by atoms with Gasteiger partial charge in [0, 0.05) is 61.9 Å². The predicted molar refractivity (Wildman–Crippen MR) is 142 cm³/mol. The summed E-state index contributed by atoms with van der Waals surface area (Å²) in [5.41, 5.74) is 2.42. The number of nitrogens with zero attached hydrogens (tertiary/aromatic N) is 2. The molecule has 0 spiro atoms. The Balaban J connectivity index is 2.24. The number of aliphatic hydroxyl groups excluding tert-OH is 3. The first-order valence-electron chi connectivity index (χ1n) is 12.8. The topological polar surface area (TPSA) is 182 Å². The van der Waals surface area contributed by atoms with Gasteiger partial charge in [-0.15, -0.1) is 0 Å². The van der Waals surface area contributed by atoms with E-state index in [2.05, 4.69) is 0 Å². The van der Waals surface area contributed by atoms with Gasteiger partial charge in [-0.25, -0.2) is 0 Å². The third-order valence-corrected chi connectivity index (χ3v) is 7.56. The van der Waals surface area contributed by atoms with Gasteiger partial charge in [-0.3, -0.25) is 19.2 Å². The minimum Gasteiger partial charge on any atom is -0.508 e. The number of allylic oxidation sites excluding steroid dienone is 3. The summed E-state index contributed by atoms with van der Waals surface area (Å²) in [5.74, 6) is -6.76. The second-order valence-electron chi connectivity index (χ2n) is 11.0. The van der Waals surface area contributed by atoms with Gasteiger partial charge in [-0.05, 0) is 37.7 Å². The number of hydrogen-bond donors (Lipinski definition) is 5. The van der Waals surface area contributed by atoms with E-state index in [4.69, 9.17) is 5.73 Å².